The van der Waals surface area contributed by atoms with Crippen molar-refractivity contribution in [3.05, 3.63) is 77.1 Å². The summed E-state index contributed by atoms with van der Waals surface area (Å²) in [5.41, 5.74) is 2.13. The molecule has 3 rings (SSSR count). The third-order valence-electron chi connectivity index (χ3n) is 3.42. The summed E-state index contributed by atoms with van der Waals surface area (Å²) >= 11 is 5.38. The fraction of sp³-hybridized carbons (Fsp3) is 0.176. The fourth-order valence-electron chi connectivity index (χ4n) is 2.24. The lowest BCUT2D eigenvalue weighted by molar-refractivity contribution is 0.697. The van der Waals surface area contributed by atoms with Crippen LogP contribution in [0, 0.1) is 4.77 Å². The largest absolute Gasteiger partial charge is 0.339 e. The Hall–Kier alpha value is -2.60. The Bertz CT molecular complexity index is 817. The van der Waals surface area contributed by atoms with Gasteiger partial charge in [-0.15, -0.1) is 0 Å². The molecule has 0 aliphatic carbocycles. The van der Waals surface area contributed by atoms with Crippen molar-refractivity contribution in [1.82, 2.24) is 19.5 Å². The second kappa shape index (κ2) is 7.11. The molecule has 0 amide bonds. The van der Waals surface area contributed by atoms with Crippen molar-refractivity contribution in [1.29, 1.82) is 0 Å². The van der Waals surface area contributed by atoms with Crippen LogP contribution in [-0.2, 0) is 13.1 Å². The quantitative estimate of drug-likeness (QED) is 0.675. The van der Waals surface area contributed by atoms with E-state index in [0.717, 1.165) is 12.2 Å². The van der Waals surface area contributed by atoms with Gasteiger partial charge in [0.2, 0.25) is 10.7 Å². The molecule has 0 aliphatic heterocycles. The number of rotatable bonds is 5. The SMILES string of the molecule is CN(Cc1ccccc1)c1ncn(Cc2ccccn2)c(=S)n1. The Morgan fingerprint density at radius 3 is 2.52 bits per heavy atom. The van der Waals surface area contributed by atoms with Gasteiger partial charge in [-0.2, -0.15) is 4.98 Å². The standard InChI is InChI=1S/C17H17N5S/c1-21(11-14-7-3-2-4-8-14)16-19-13-22(17(23)20-16)12-15-9-5-6-10-18-15/h2-10,13H,11-12H2,1H3. The van der Waals surface area contributed by atoms with Crippen LogP contribution in [-0.4, -0.2) is 26.6 Å². The number of anilines is 1. The average molecular weight is 323 g/mol. The van der Waals surface area contributed by atoms with Crippen molar-refractivity contribution < 1.29 is 0 Å². The van der Waals surface area contributed by atoms with Gasteiger partial charge in [-0.1, -0.05) is 36.4 Å². The van der Waals surface area contributed by atoms with E-state index in [-0.39, 0.29) is 0 Å². The van der Waals surface area contributed by atoms with Gasteiger partial charge in [-0.3, -0.25) is 4.98 Å². The van der Waals surface area contributed by atoms with Crippen LogP contribution in [0.4, 0.5) is 5.95 Å². The molecule has 0 N–H and O–H groups in total. The van der Waals surface area contributed by atoms with Crippen LogP contribution in [0.3, 0.4) is 0 Å². The second-order valence-corrected chi connectivity index (χ2v) is 5.59. The van der Waals surface area contributed by atoms with Crippen LogP contribution < -0.4 is 4.90 Å². The molecule has 2 heterocycles. The molecule has 0 unspecified atom stereocenters. The molecule has 0 fully saturated rings. The van der Waals surface area contributed by atoms with Gasteiger partial charge < -0.3 is 9.47 Å². The van der Waals surface area contributed by atoms with Crippen LogP contribution >= 0.6 is 12.2 Å². The molecule has 0 saturated carbocycles. The Morgan fingerprint density at radius 1 is 1.04 bits per heavy atom. The van der Waals surface area contributed by atoms with Crippen molar-refractivity contribution in [3.63, 3.8) is 0 Å². The smallest absolute Gasteiger partial charge is 0.229 e. The molecular weight excluding hydrogens is 306 g/mol. The summed E-state index contributed by atoms with van der Waals surface area (Å²) in [5, 5.41) is 0. The van der Waals surface area contributed by atoms with Gasteiger partial charge in [0.15, 0.2) is 0 Å². The predicted octanol–water partition coefficient (Wildman–Crippen LogP) is 3.09. The monoisotopic (exact) mass is 323 g/mol. The molecule has 3 aromatic rings. The first-order valence-corrected chi connectivity index (χ1v) is 7.71. The number of benzene rings is 1. The summed E-state index contributed by atoms with van der Waals surface area (Å²) < 4.78 is 2.32. The van der Waals surface area contributed by atoms with Gasteiger partial charge in [0, 0.05) is 19.8 Å². The molecule has 0 aliphatic rings. The molecule has 0 bridgehead atoms. The van der Waals surface area contributed by atoms with E-state index >= 15 is 0 Å². The zero-order valence-electron chi connectivity index (χ0n) is 12.8. The van der Waals surface area contributed by atoms with Crippen molar-refractivity contribution in [3.8, 4) is 0 Å². The summed E-state index contributed by atoms with van der Waals surface area (Å²) in [6.45, 7) is 1.31. The zero-order valence-corrected chi connectivity index (χ0v) is 13.6. The first-order valence-electron chi connectivity index (χ1n) is 7.31. The van der Waals surface area contributed by atoms with E-state index in [0.29, 0.717) is 17.3 Å². The maximum absolute atomic E-state index is 5.38. The zero-order chi connectivity index (χ0) is 16.1. The van der Waals surface area contributed by atoms with Crippen LogP contribution in [0.15, 0.2) is 61.1 Å². The first kappa shape index (κ1) is 15.3. The highest BCUT2D eigenvalue weighted by molar-refractivity contribution is 7.71. The highest BCUT2D eigenvalue weighted by Gasteiger charge is 2.07. The van der Waals surface area contributed by atoms with Gasteiger partial charge in [-0.25, -0.2) is 4.98 Å². The van der Waals surface area contributed by atoms with Gasteiger partial charge >= 0.3 is 0 Å². The van der Waals surface area contributed by atoms with Crippen LogP contribution in [0.25, 0.3) is 0 Å². The molecule has 0 spiro atoms. The third-order valence-corrected chi connectivity index (χ3v) is 3.74. The minimum absolute atomic E-state index is 0.501. The molecule has 116 valence electrons. The van der Waals surface area contributed by atoms with E-state index in [1.165, 1.54) is 5.56 Å². The molecule has 0 saturated heterocycles. The van der Waals surface area contributed by atoms with Gasteiger partial charge in [0.25, 0.3) is 0 Å². The van der Waals surface area contributed by atoms with Crippen LogP contribution in [0.2, 0.25) is 0 Å². The van der Waals surface area contributed by atoms with E-state index < -0.39 is 0 Å². The van der Waals surface area contributed by atoms with E-state index in [1.807, 2.05) is 52.9 Å². The fourth-order valence-corrected chi connectivity index (χ4v) is 2.43. The topological polar surface area (TPSA) is 46.8 Å². The minimum atomic E-state index is 0.501. The molecule has 1 aromatic carbocycles. The predicted molar refractivity (Wildman–Crippen MR) is 92.7 cm³/mol. The maximum Gasteiger partial charge on any atom is 0.229 e. The maximum atomic E-state index is 5.38. The Kier molecular flexibility index (Phi) is 4.73. The average Bonchev–Trinajstić information content (AvgIpc) is 2.58. The van der Waals surface area contributed by atoms with E-state index in [2.05, 4.69) is 27.1 Å². The highest BCUT2D eigenvalue weighted by Crippen LogP contribution is 2.10. The van der Waals surface area contributed by atoms with Crippen LogP contribution in [0.5, 0.6) is 0 Å². The molecule has 2 aromatic heterocycles. The Labute approximate surface area is 140 Å². The minimum Gasteiger partial charge on any atom is -0.339 e. The summed E-state index contributed by atoms with van der Waals surface area (Å²) in [7, 11) is 1.96. The number of aromatic nitrogens is 4. The first-order chi connectivity index (χ1) is 11.2. The molecule has 6 heteroatoms. The molecule has 0 atom stereocenters. The lowest BCUT2D eigenvalue weighted by atomic mass is 10.2. The number of hydrogen-bond acceptors (Lipinski definition) is 5. The van der Waals surface area contributed by atoms with Gasteiger partial charge in [0.05, 0.1) is 12.2 Å². The summed E-state index contributed by atoms with van der Waals surface area (Å²) in [6.07, 6.45) is 3.49. The Morgan fingerprint density at radius 2 is 1.83 bits per heavy atom. The van der Waals surface area contributed by atoms with Gasteiger partial charge in [0.1, 0.15) is 6.33 Å². The van der Waals surface area contributed by atoms with Crippen molar-refractivity contribution in [2.45, 2.75) is 13.1 Å². The summed E-state index contributed by atoms with van der Waals surface area (Å²) in [6, 6.07) is 16.0. The van der Waals surface area contributed by atoms with Crippen molar-refractivity contribution in [2.75, 3.05) is 11.9 Å². The van der Waals surface area contributed by atoms with E-state index in [1.54, 1.807) is 12.5 Å². The van der Waals surface area contributed by atoms with Crippen molar-refractivity contribution >= 4 is 18.2 Å². The summed E-state index contributed by atoms with van der Waals surface area (Å²) in [5.74, 6) is 0.621. The number of nitrogens with zero attached hydrogens (tertiary/aromatic N) is 5. The van der Waals surface area contributed by atoms with E-state index in [9.17, 15) is 0 Å². The molecule has 0 radical (unpaired) electrons. The molecule has 5 nitrogen and oxygen atoms in total. The normalized spacial score (nSPS) is 10.5. The lowest BCUT2D eigenvalue weighted by Crippen LogP contribution is -2.20. The van der Waals surface area contributed by atoms with Gasteiger partial charge in [-0.05, 0) is 29.9 Å². The molecular formula is C17H17N5S. The second-order valence-electron chi connectivity index (χ2n) is 5.23. The van der Waals surface area contributed by atoms with Crippen LogP contribution in [0.1, 0.15) is 11.3 Å². The van der Waals surface area contributed by atoms with Crippen molar-refractivity contribution in [2.24, 2.45) is 0 Å². The highest BCUT2D eigenvalue weighted by atomic mass is 32.1. The lowest BCUT2D eigenvalue weighted by Gasteiger charge is -2.17. The van der Waals surface area contributed by atoms with E-state index in [4.69, 9.17) is 12.2 Å². The third kappa shape index (κ3) is 3.98. The Balaban J connectivity index is 1.75. The number of pyridine rings is 1. The molecule has 23 heavy (non-hydrogen) atoms. The number of hydrogen-bond donors (Lipinski definition) is 0. The summed E-state index contributed by atoms with van der Waals surface area (Å²) in [4.78, 5) is 15.1.